The van der Waals surface area contributed by atoms with Gasteiger partial charge in [0.15, 0.2) is 17.5 Å². The van der Waals surface area contributed by atoms with Gasteiger partial charge in [-0.3, -0.25) is 0 Å². The summed E-state index contributed by atoms with van der Waals surface area (Å²) < 4.78 is 0. The molecule has 0 bridgehead atoms. The number of hydrogen-bond donors (Lipinski definition) is 0. The number of benzene rings is 6. The second-order valence-corrected chi connectivity index (χ2v) is 17.3. The van der Waals surface area contributed by atoms with Crippen LogP contribution in [0.1, 0.15) is 23.6 Å². The third kappa shape index (κ3) is 5.02. The van der Waals surface area contributed by atoms with Crippen molar-refractivity contribution in [3.8, 4) is 45.3 Å². The summed E-state index contributed by atoms with van der Waals surface area (Å²) >= 11 is 0. The molecule has 0 saturated carbocycles. The number of aromatic nitrogens is 3. The van der Waals surface area contributed by atoms with Crippen LogP contribution in [0.2, 0.25) is 13.1 Å². The molecule has 3 nitrogen and oxygen atoms in total. The highest BCUT2D eigenvalue weighted by Crippen LogP contribution is 2.38. The minimum Gasteiger partial charge on any atom is -0.208 e. The number of allylic oxidation sites excluding steroid dienone is 1. The van der Waals surface area contributed by atoms with E-state index in [1.165, 1.54) is 43.4 Å². The van der Waals surface area contributed by atoms with Crippen molar-refractivity contribution in [1.29, 1.82) is 0 Å². The maximum atomic E-state index is 5.22. The van der Waals surface area contributed by atoms with E-state index in [1.807, 2.05) is 30.3 Å². The molecule has 0 fully saturated rings. The summed E-state index contributed by atoms with van der Waals surface area (Å²) in [6.07, 6.45) is 4.12. The molecule has 0 atom stereocenters. The van der Waals surface area contributed by atoms with E-state index in [0.717, 1.165) is 27.8 Å². The topological polar surface area (TPSA) is 38.7 Å². The van der Waals surface area contributed by atoms with E-state index in [4.69, 9.17) is 15.0 Å². The van der Waals surface area contributed by atoms with E-state index in [2.05, 4.69) is 142 Å². The molecule has 0 spiro atoms. The average molecular weight is 634 g/mol. The molecule has 1 aromatic heterocycles. The maximum absolute atomic E-state index is 5.22. The highest BCUT2D eigenvalue weighted by molar-refractivity contribution is 7.05. The van der Waals surface area contributed by atoms with Crippen LogP contribution in [0.4, 0.5) is 0 Å². The van der Waals surface area contributed by atoms with Crippen LogP contribution >= 0.6 is 0 Å². The second-order valence-electron chi connectivity index (χ2n) is 13.0. The van der Waals surface area contributed by atoms with Gasteiger partial charge in [0, 0.05) is 16.7 Å². The van der Waals surface area contributed by atoms with Gasteiger partial charge in [-0.25, -0.2) is 15.0 Å². The fraction of sp³-hybridized carbons (Fsp3) is 0.0682. The lowest BCUT2D eigenvalue weighted by atomic mass is 9.96. The van der Waals surface area contributed by atoms with Crippen molar-refractivity contribution in [2.45, 2.75) is 20.0 Å². The number of hydrogen-bond acceptors (Lipinski definition) is 3. The van der Waals surface area contributed by atoms with Crippen LogP contribution in [-0.4, -0.2) is 23.0 Å². The first-order valence-corrected chi connectivity index (χ1v) is 19.4. The Labute approximate surface area is 283 Å². The first kappa shape index (κ1) is 29.7. The first-order valence-electron chi connectivity index (χ1n) is 16.4. The highest BCUT2D eigenvalue weighted by Gasteiger charge is 2.40. The van der Waals surface area contributed by atoms with Crippen LogP contribution in [-0.2, 0) is 0 Å². The molecule has 1 aliphatic rings. The zero-order chi connectivity index (χ0) is 32.8. The molecule has 4 heteroatoms. The molecule has 2 heterocycles. The Balaban J connectivity index is 1.31. The Hall–Kier alpha value is -5.71. The quantitative estimate of drug-likeness (QED) is 0.135. The van der Waals surface area contributed by atoms with Gasteiger partial charge in [-0.05, 0) is 67.5 Å². The van der Waals surface area contributed by atoms with Crippen LogP contribution in [0.3, 0.4) is 0 Å². The van der Waals surface area contributed by atoms with Gasteiger partial charge in [0.25, 0.3) is 0 Å². The Morgan fingerprint density at radius 3 is 2.06 bits per heavy atom. The van der Waals surface area contributed by atoms with Crippen LogP contribution < -0.4 is 10.4 Å². The normalized spacial score (nSPS) is 13.3. The van der Waals surface area contributed by atoms with Crippen molar-refractivity contribution in [3.05, 3.63) is 157 Å². The van der Waals surface area contributed by atoms with E-state index in [9.17, 15) is 0 Å². The summed E-state index contributed by atoms with van der Waals surface area (Å²) in [5.74, 6) is 1.99. The van der Waals surface area contributed by atoms with Gasteiger partial charge in [0.1, 0.15) is 8.07 Å². The van der Waals surface area contributed by atoms with Gasteiger partial charge in [-0.1, -0.05) is 159 Å². The Kier molecular flexibility index (Phi) is 7.31. The first-order chi connectivity index (χ1) is 23.4. The van der Waals surface area contributed by atoms with Gasteiger partial charge < -0.3 is 0 Å². The van der Waals surface area contributed by atoms with Gasteiger partial charge in [-0.2, -0.15) is 0 Å². The molecular formula is C44H35N3Si. The summed E-state index contributed by atoms with van der Waals surface area (Å²) in [5, 5.41) is 5.55. The lowest BCUT2D eigenvalue weighted by molar-refractivity contribution is 1.07. The molecule has 8 rings (SSSR count). The maximum Gasteiger partial charge on any atom is 0.164 e. The zero-order valence-electron chi connectivity index (χ0n) is 27.4. The van der Waals surface area contributed by atoms with Crippen molar-refractivity contribution >= 4 is 46.9 Å². The molecule has 48 heavy (non-hydrogen) atoms. The Bertz CT molecular complexity index is 2390. The van der Waals surface area contributed by atoms with Gasteiger partial charge in [0.2, 0.25) is 0 Å². The number of nitrogens with zero attached hydrogens (tertiary/aromatic N) is 3. The summed E-state index contributed by atoms with van der Waals surface area (Å²) in [6.45, 7) is 11.2. The second kappa shape index (κ2) is 11.8. The molecule has 0 N–H and O–H groups in total. The standard InChI is InChI=1S/C44H35N3Si/c1-5-30-28-35(24-23-34(30)27-29(2)31-15-8-6-9-16-31)43-45-42(33-18-10-7-11-19-33)46-44(47-43)38-21-14-22-39-40(38)37-26-25-32-17-12-13-20-36(32)41(37)48(39,3)4/h5-28H,1H2,2-4H3/b29-27+. The SMILES string of the molecule is C=Cc1cc(-c2nc(-c3ccccc3)nc(-c3cccc4c3-c3ccc5ccccc5c3[Si]4(C)C)n2)ccc1/C=C(\C)c1ccccc1. The molecule has 6 aromatic carbocycles. The summed E-state index contributed by atoms with van der Waals surface area (Å²) in [5.41, 5.74) is 10.0. The minimum absolute atomic E-state index is 0.642. The third-order valence-electron chi connectivity index (χ3n) is 9.64. The molecule has 0 unspecified atom stereocenters. The van der Waals surface area contributed by atoms with Crippen molar-refractivity contribution in [2.75, 3.05) is 0 Å². The van der Waals surface area contributed by atoms with Crippen LogP contribution in [0.25, 0.3) is 73.8 Å². The van der Waals surface area contributed by atoms with Crippen molar-refractivity contribution in [1.82, 2.24) is 15.0 Å². The van der Waals surface area contributed by atoms with Crippen LogP contribution in [0.15, 0.2) is 140 Å². The fourth-order valence-corrected chi connectivity index (χ4v) is 10.7. The lowest BCUT2D eigenvalue weighted by Gasteiger charge is -2.20. The smallest absolute Gasteiger partial charge is 0.164 e. The molecule has 0 radical (unpaired) electrons. The predicted octanol–water partition coefficient (Wildman–Crippen LogP) is 10.0. The molecule has 230 valence electrons. The molecule has 0 saturated heterocycles. The third-order valence-corrected chi connectivity index (χ3v) is 13.2. The molecule has 7 aromatic rings. The molecule has 0 amide bonds. The van der Waals surface area contributed by atoms with E-state index in [-0.39, 0.29) is 0 Å². The average Bonchev–Trinajstić information content (AvgIpc) is 3.38. The molecular weight excluding hydrogens is 599 g/mol. The molecule has 1 aliphatic heterocycles. The summed E-state index contributed by atoms with van der Waals surface area (Å²) in [7, 11) is -2.01. The Morgan fingerprint density at radius 1 is 0.604 bits per heavy atom. The predicted molar refractivity (Wildman–Crippen MR) is 206 cm³/mol. The van der Waals surface area contributed by atoms with Crippen molar-refractivity contribution in [3.63, 3.8) is 0 Å². The van der Waals surface area contributed by atoms with E-state index >= 15 is 0 Å². The van der Waals surface area contributed by atoms with Crippen LogP contribution in [0.5, 0.6) is 0 Å². The summed E-state index contributed by atoms with van der Waals surface area (Å²) in [4.78, 5) is 15.4. The van der Waals surface area contributed by atoms with Gasteiger partial charge in [0.05, 0.1) is 0 Å². The van der Waals surface area contributed by atoms with E-state index in [1.54, 1.807) is 0 Å². The highest BCUT2D eigenvalue weighted by atomic mass is 28.3. The van der Waals surface area contributed by atoms with E-state index < -0.39 is 8.07 Å². The largest absolute Gasteiger partial charge is 0.208 e. The number of rotatable bonds is 6. The lowest BCUT2D eigenvalue weighted by Crippen LogP contribution is -2.49. The van der Waals surface area contributed by atoms with Crippen molar-refractivity contribution in [2.24, 2.45) is 0 Å². The zero-order valence-corrected chi connectivity index (χ0v) is 28.4. The fourth-order valence-electron chi connectivity index (χ4n) is 7.22. The minimum atomic E-state index is -2.01. The van der Waals surface area contributed by atoms with Crippen molar-refractivity contribution < 1.29 is 0 Å². The molecule has 0 aliphatic carbocycles. The van der Waals surface area contributed by atoms with Gasteiger partial charge in [-0.15, -0.1) is 0 Å². The summed E-state index contributed by atoms with van der Waals surface area (Å²) in [6, 6.07) is 47.0. The van der Waals surface area contributed by atoms with E-state index in [0.29, 0.717) is 17.5 Å². The monoisotopic (exact) mass is 633 g/mol. The number of fused-ring (bicyclic) bond motifs is 5. The Morgan fingerprint density at radius 2 is 1.29 bits per heavy atom. The van der Waals surface area contributed by atoms with Gasteiger partial charge >= 0.3 is 0 Å². The van der Waals surface area contributed by atoms with Crippen LogP contribution in [0, 0.1) is 0 Å².